The fraction of sp³-hybridized carbons (Fsp3) is 0.938. The molecule has 0 bridgehead atoms. The van der Waals surface area contributed by atoms with Crippen LogP contribution in [0.5, 0.6) is 0 Å². The summed E-state index contributed by atoms with van der Waals surface area (Å²) >= 11 is 0. The fourth-order valence-electron chi connectivity index (χ4n) is 2.35. The molecule has 0 spiro atoms. The quantitative estimate of drug-likeness (QED) is 0.321. The molecule has 21 heavy (non-hydrogen) atoms. The van der Waals surface area contributed by atoms with Crippen molar-refractivity contribution in [2.24, 2.45) is 0 Å². The first-order chi connectivity index (χ1) is 9.66. The maximum absolute atomic E-state index is 10.3. The second kappa shape index (κ2) is 18.4. The Kier molecular flexibility index (Phi) is 20.8. The number of aliphatic carboxylic acids is 1. The summed E-state index contributed by atoms with van der Waals surface area (Å²) < 4.78 is 0. The summed E-state index contributed by atoms with van der Waals surface area (Å²) in [6.07, 6.45) is 12.2. The van der Waals surface area contributed by atoms with Crippen molar-refractivity contribution in [3.63, 3.8) is 0 Å². The van der Waals surface area contributed by atoms with Gasteiger partial charge in [-0.05, 0) is 25.7 Å². The van der Waals surface area contributed by atoms with Crippen molar-refractivity contribution in [3.05, 3.63) is 0 Å². The molecule has 4 nitrogen and oxygen atoms in total. The number of aliphatic hydroxyl groups excluding tert-OH is 2. The van der Waals surface area contributed by atoms with Crippen LogP contribution in [0.1, 0.15) is 83.5 Å². The van der Waals surface area contributed by atoms with Crippen LogP contribution in [0.25, 0.3) is 0 Å². The number of carboxylic acid groups (broad SMARTS) is 1. The van der Waals surface area contributed by atoms with Gasteiger partial charge in [0.25, 0.3) is 0 Å². The molecule has 0 aromatic carbocycles. The average Bonchev–Trinajstić information content (AvgIpc) is 2.41. The van der Waals surface area contributed by atoms with E-state index < -0.39 is 5.97 Å². The Morgan fingerprint density at radius 3 is 1.67 bits per heavy atom. The number of rotatable bonds is 15. The first-order valence-corrected chi connectivity index (χ1v) is 8.17. The topological polar surface area (TPSA) is 77.8 Å². The van der Waals surface area contributed by atoms with E-state index in [2.05, 4.69) is 0 Å². The van der Waals surface area contributed by atoms with Crippen LogP contribution < -0.4 is 0 Å². The van der Waals surface area contributed by atoms with Gasteiger partial charge in [-0.3, -0.25) is 4.79 Å². The van der Waals surface area contributed by atoms with Crippen LogP contribution in [-0.2, 0) is 4.79 Å². The Bertz CT molecular complexity index is 224. The van der Waals surface area contributed by atoms with Crippen LogP contribution in [0.3, 0.4) is 0 Å². The van der Waals surface area contributed by atoms with Crippen molar-refractivity contribution in [1.29, 1.82) is 0 Å². The van der Waals surface area contributed by atoms with Crippen molar-refractivity contribution < 1.29 is 20.1 Å². The van der Waals surface area contributed by atoms with Gasteiger partial charge in [0.15, 0.2) is 0 Å². The molecule has 1 atom stereocenters. The van der Waals surface area contributed by atoms with Gasteiger partial charge in [-0.25, -0.2) is 0 Å². The van der Waals surface area contributed by atoms with Gasteiger partial charge < -0.3 is 15.3 Å². The molecule has 0 aliphatic heterocycles. The molecule has 0 fully saturated rings. The summed E-state index contributed by atoms with van der Waals surface area (Å²) in [5.74, 6) is -0.751. The monoisotopic (exact) mass is 312 g/mol. The zero-order valence-corrected chi connectivity index (χ0v) is 12.7. The van der Waals surface area contributed by atoms with Crippen LogP contribution in [0.15, 0.2) is 0 Å². The zero-order chi connectivity index (χ0) is 15.1. The molecule has 0 heterocycles. The summed E-state index contributed by atoms with van der Waals surface area (Å²) in [5.41, 5.74) is 0. The summed E-state index contributed by atoms with van der Waals surface area (Å²) in [4.78, 5) is 10.3. The van der Waals surface area contributed by atoms with E-state index in [9.17, 15) is 9.90 Å². The van der Waals surface area contributed by atoms with E-state index in [1.54, 1.807) is 0 Å². The molecule has 122 valence electrons. The Balaban J connectivity index is 0. The Labute approximate surface area is 151 Å². The molecule has 1 unspecified atom stereocenters. The minimum absolute atomic E-state index is 0. The van der Waals surface area contributed by atoms with Crippen molar-refractivity contribution in [2.45, 2.75) is 89.6 Å². The number of hydrogen-bond donors (Lipinski definition) is 3. The summed E-state index contributed by atoms with van der Waals surface area (Å²) in [6.45, 7) is 0.310. The first kappa shape index (κ1) is 23.7. The van der Waals surface area contributed by atoms with Crippen molar-refractivity contribution in [3.8, 4) is 0 Å². The molecule has 5 heteroatoms. The number of unbranched alkanes of at least 4 members (excludes halogenated alkanes) is 8. The van der Waals surface area contributed by atoms with Gasteiger partial charge in [-0.2, -0.15) is 0 Å². The average molecular weight is 312 g/mol. The molecule has 0 aliphatic carbocycles. The number of aliphatic hydroxyl groups is 2. The predicted molar refractivity (Wildman–Crippen MR) is 87.9 cm³/mol. The molecule has 0 radical (unpaired) electrons. The molecule has 0 amide bonds. The third-order valence-corrected chi connectivity index (χ3v) is 3.62. The van der Waals surface area contributed by atoms with Gasteiger partial charge >= 0.3 is 35.5 Å². The summed E-state index contributed by atoms with van der Waals surface area (Å²) in [5, 5.41) is 26.9. The van der Waals surface area contributed by atoms with E-state index in [0.29, 0.717) is 13.0 Å². The third-order valence-electron chi connectivity index (χ3n) is 3.62. The third kappa shape index (κ3) is 20.4. The van der Waals surface area contributed by atoms with Gasteiger partial charge in [0, 0.05) is 13.0 Å². The molecular weight excluding hydrogens is 279 g/mol. The first-order valence-electron chi connectivity index (χ1n) is 8.17. The van der Waals surface area contributed by atoms with E-state index in [0.717, 1.165) is 38.5 Å². The number of carboxylic acids is 1. The summed E-state index contributed by atoms with van der Waals surface area (Å²) in [6, 6.07) is 0. The van der Waals surface area contributed by atoms with Crippen LogP contribution in [0, 0.1) is 0 Å². The van der Waals surface area contributed by atoms with Crippen LogP contribution in [0.4, 0.5) is 0 Å². The van der Waals surface area contributed by atoms with E-state index in [1.165, 1.54) is 32.1 Å². The van der Waals surface area contributed by atoms with E-state index in [4.69, 9.17) is 10.2 Å². The Morgan fingerprint density at radius 1 is 0.762 bits per heavy atom. The maximum atomic E-state index is 10.3. The normalized spacial score (nSPS) is 11.9. The van der Waals surface area contributed by atoms with E-state index in [1.807, 2.05) is 0 Å². The van der Waals surface area contributed by atoms with Crippen LogP contribution in [0.2, 0.25) is 0 Å². The van der Waals surface area contributed by atoms with Gasteiger partial charge in [0.05, 0.1) is 6.10 Å². The molecule has 0 aromatic rings. The molecule has 3 N–H and O–H groups in total. The fourth-order valence-corrected chi connectivity index (χ4v) is 2.35. The van der Waals surface area contributed by atoms with Gasteiger partial charge in [-0.1, -0.05) is 51.4 Å². The minimum atomic E-state index is -0.751. The van der Waals surface area contributed by atoms with Crippen LogP contribution >= 0.6 is 0 Å². The van der Waals surface area contributed by atoms with Crippen molar-refractivity contribution in [2.75, 3.05) is 6.61 Å². The SMILES string of the molecule is O=C(O)CCCCC(O)CCCCCCCCCCO.[NaH]. The predicted octanol–water partition coefficient (Wildman–Crippen LogP) is 2.85. The van der Waals surface area contributed by atoms with Crippen LogP contribution in [-0.4, -0.2) is 63.6 Å². The van der Waals surface area contributed by atoms with E-state index in [-0.39, 0.29) is 42.1 Å². The molecule has 0 saturated carbocycles. The second-order valence-electron chi connectivity index (χ2n) is 5.63. The second-order valence-corrected chi connectivity index (χ2v) is 5.63. The van der Waals surface area contributed by atoms with Crippen molar-refractivity contribution >= 4 is 35.5 Å². The van der Waals surface area contributed by atoms with Gasteiger partial charge in [0.2, 0.25) is 0 Å². The standard InChI is InChI=1S/C16H32O4.Na.H/c17-14-10-6-4-2-1-3-5-7-11-15(18)12-8-9-13-16(19)20;;/h15,17-18H,1-14H2,(H,19,20);;. The molecule has 0 rings (SSSR count). The molecular formula is C16H33NaO4. The molecule has 0 saturated heterocycles. The molecule has 0 aliphatic rings. The van der Waals surface area contributed by atoms with Gasteiger partial charge in [-0.15, -0.1) is 0 Å². The molecule has 0 aromatic heterocycles. The number of hydrogen-bond acceptors (Lipinski definition) is 3. The Morgan fingerprint density at radius 2 is 1.19 bits per heavy atom. The summed E-state index contributed by atoms with van der Waals surface area (Å²) in [7, 11) is 0. The van der Waals surface area contributed by atoms with Gasteiger partial charge in [0.1, 0.15) is 0 Å². The Hall–Kier alpha value is 0.390. The van der Waals surface area contributed by atoms with E-state index >= 15 is 0 Å². The van der Waals surface area contributed by atoms with Crippen molar-refractivity contribution in [1.82, 2.24) is 0 Å². The number of carbonyl (C=O) groups is 1. The zero-order valence-electron chi connectivity index (χ0n) is 12.7.